The molecule has 0 N–H and O–H groups in total. The highest BCUT2D eigenvalue weighted by atomic mass is 32.1. The van der Waals surface area contributed by atoms with Crippen LogP contribution in [0.1, 0.15) is 25.7 Å². The molecule has 1 atom stereocenters. The summed E-state index contributed by atoms with van der Waals surface area (Å²) < 4.78 is 0. The van der Waals surface area contributed by atoms with Crippen LogP contribution < -0.4 is 0 Å². The highest BCUT2D eigenvalue weighted by Gasteiger charge is 2.06. The van der Waals surface area contributed by atoms with Crippen molar-refractivity contribution in [3.05, 3.63) is 12.2 Å². The molecular weight excluding hydrogens is 128 g/mol. The van der Waals surface area contributed by atoms with Crippen molar-refractivity contribution in [1.29, 1.82) is 0 Å². The van der Waals surface area contributed by atoms with E-state index in [1.165, 1.54) is 25.7 Å². The number of allylic oxidation sites excluding steroid dienone is 2. The fourth-order valence-electron chi connectivity index (χ4n) is 1.29. The van der Waals surface area contributed by atoms with E-state index in [1.807, 2.05) is 0 Å². The fraction of sp³-hybridized carbons (Fsp3) is 0.750. The van der Waals surface area contributed by atoms with Crippen LogP contribution in [0.5, 0.6) is 0 Å². The van der Waals surface area contributed by atoms with E-state index in [0.717, 1.165) is 11.7 Å². The van der Waals surface area contributed by atoms with Crippen LogP contribution in [0.15, 0.2) is 12.2 Å². The summed E-state index contributed by atoms with van der Waals surface area (Å²) >= 11 is 4.17. The van der Waals surface area contributed by atoms with Crippen LogP contribution in [-0.4, -0.2) is 5.75 Å². The molecular formula is C8H14S. The van der Waals surface area contributed by atoms with Gasteiger partial charge in [-0.05, 0) is 37.4 Å². The van der Waals surface area contributed by atoms with Crippen molar-refractivity contribution in [3.8, 4) is 0 Å². The molecule has 0 amide bonds. The van der Waals surface area contributed by atoms with Gasteiger partial charge in [-0.25, -0.2) is 0 Å². The second kappa shape index (κ2) is 3.99. The molecule has 0 fully saturated rings. The summed E-state index contributed by atoms with van der Waals surface area (Å²) in [5, 5.41) is 0. The summed E-state index contributed by atoms with van der Waals surface area (Å²) in [7, 11) is 0. The highest BCUT2D eigenvalue weighted by Crippen LogP contribution is 2.21. The maximum absolute atomic E-state index is 4.17. The number of hydrogen-bond donors (Lipinski definition) is 1. The van der Waals surface area contributed by atoms with Crippen LogP contribution in [0.3, 0.4) is 0 Å². The van der Waals surface area contributed by atoms with E-state index in [1.54, 1.807) is 0 Å². The minimum Gasteiger partial charge on any atom is -0.179 e. The predicted molar refractivity (Wildman–Crippen MR) is 45.0 cm³/mol. The van der Waals surface area contributed by atoms with Crippen LogP contribution in [0.2, 0.25) is 0 Å². The van der Waals surface area contributed by atoms with E-state index >= 15 is 0 Å². The molecule has 0 aromatic rings. The third-order valence-electron chi connectivity index (χ3n) is 1.85. The third-order valence-corrected chi connectivity index (χ3v) is 2.16. The summed E-state index contributed by atoms with van der Waals surface area (Å²) in [6.07, 6.45) is 9.95. The third kappa shape index (κ3) is 2.44. The Morgan fingerprint density at radius 3 is 3.00 bits per heavy atom. The number of hydrogen-bond acceptors (Lipinski definition) is 1. The Kier molecular flexibility index (Phi) is 3.20. The Labute approximate surface area is 62.8 Å². The van der Waals surface area contributed by atoms with Gasteiger partial charge >= 0.3 is 0 Å². The first-order valence-corrected chi connectivity index (χ1v) is 4.34. The van der Waals surface area contributed by atoms with Gasteiger partial charge in [-0.3, -0.25) is 0 Å². The second-order valence-electron chi connectivity index (χ2n) is 2.63. The van der Waals surface area contributed by atoms with E-state index in [4.69, 9.17) is 0 Å². The van der Waals surface area contributed by atoms with Gasteiger partial charge in [-0.2, -0.15) is 12.6 Å². The van der Waals surface area contributed by atoms with Crippen molar-refractivity contribution in [2.75, 3.05) is 5.75 Å². The van der Waals surface area contributed by atoms with Gasteiger partial charge in [0.05, 0.1) is 0 Å². The van der Waals surface area contributed by atoms with Crippen LogP contribution in [-0.2, 0) is 0 Å². The van der Waals surface area contributed by atoms with Crippen molar-refractivity contribution in [3.63, 3.8) is 0 Å². The van der Waals surface area contributed by atoms with Crippen molar-refractivity contribution in [2.24, 2.45) is 5.92 Å². The molecule has 0 radical (unpaired) electrons. The molecule has 0 aromatic heterocycles. The monoisotopic (exact) mass is 142 g/mol. The normalized spacial score (nSPS) is 25.2. The highest BCUT2D eigenvalue weighted by molar-refractivity contribution is 7.80. The number of thiol groups is 1. The largest absolute Gasteiger partial charge is 0.179 e. The molecule has 0 spiro atoms. The summed E-state index contributed by atoms with van der Waals surface area (Å²) in [5.41, 5.74) is 0. The summed E-state index contributed by atoms with van der Waals surface area (Å²) in [5.74, 6) is 1.93. The lowest BCUT2D eigenvalue weighted by atomic mass is 10.0. The first-order chi connectivity index (χ1) is 4.43. The first kappa shape index (κ1) is 7.20. The molecule has 1 rings (SSSR count). The van der Waals surface area contributed by atoms with Gasteiger partial charge in [0, 0.05) is 0 Å². The maximum atomic E-state index is 4.17. The molecule has 9 heavy (non-hydrogen) atoms. The Morgan fingerprint density at radius 2 is 2.44 bits per heavy atom. The SMILES string of the molecule is SCCCC1C=CCC1. The molecule has 1 unspecified atom stereocenters. The molecule has 52 valence electrons. The lowest BCUT2D eigenvalue weighted by Crippen LogP contribution is -1.91. The zero-order valence-corrected chi connectivity index (χ0v) is 6.61. The van der Waals surface area contributed by atoms with E-state index in [-0.39, 0.29) is 0 Å². The van der Waals surface area contributed by atoms with E-state index < -0.39 is 0 Å². The number of rotatable bonds is 3. The molecule has 0 heterocycles. The Morgan fingerprint density at radius 1 is 1.56 bits per heavy atom. The van der Waals surface area contributed by atoms with Crippen molar-refractivity contribution >= 4 is 12.6 Å². The molecule has 0 bridgehead atoms. The average Bonchev–Trinajstić information content (AvgIpc) is 2.34. The second-order valence-corrected chi connectivity index (χ2v) is 3.08. The van der Waals surface area contributed by atoms with Gasteiger partial charge in [0.15, 0.2) is 0 Å². The molecule has 1 aliphatic rings. The Hall–Kier alpha value is 0.0900. The smallest absolute Gasteiger partial charge is 0.00977 e. The molecule has 1 aliphatic carbocycles. The first-order valence-electron chi connectivity index (χ1n) is 3.71. The predicted octanol–water partition coefficient (Wildman–Crippen LogP) is 2.66. The van der Waals surface area contributed by atoms with Gasteiger partial charge in [0.1, 0.15) is 0 Å². The van der Waals surface area contributed by atoms with Gasteiger partial charge in [-0.1, -0.05) is 12.2 Å². The summed E-state index contributed by atoms with van der Waals surface area (Å²) in [6.45, 7) is 0. The van der Waals surface area contributed by atoms with Crippen molar-refractivity contribution < 1.29 is 0 Å². The summed E-state index contributed by atoms with van der Waals surface area (Å²) in [4.78, 5) is 0. The van der Waals surface area contributed by atoms with Crippen LogP contribution in [0.25, 0.3) is 0 Å². The minimum absolute atomic E-state index is 0.886. The Bertz CT molecular complexity index is 96.7. The molecule has 0 saturated heterocycles. The van der Waals surface area contributed by atoms with Gasteiger partial charge in [0.2, 0.25) is 0 Å². The maximum Gasteiger partial charge on any atom is -0.00977 e. The van der Waals surface area contributed by atoms with Crippen LogP contribution in [0, 0.1) is 5.92 Å². The Balaban J connectivity index is 2.05. The molecule has 0 aliphatic heterocycles. The zero-order chi connectivity index (χ0) is 6.53. The van der Waals surface area contributed by atoms with Crippen LogP contribution >= 0.6 is 12.6 Å². The van der Waals surface area contributed by atoms with Gasteiger partial charge < -0.3 is 0 Å². The molecule has 0 saturated carbocycles. The van der Waals surface area contributed by atoms with E-state index in [9.17, 15) is 0 Å². The molecule has 1 heteroatoms. The zero-order valence-electron chi connectivity index (χ0n) is 5.71. The lowest BCUT2D eigenvalue weighted by molar-refractivity contribution is 0.572. The van der Waals surface area contributed by atoms with E-state index in [2.05, 4.69) is 24.8 Å². The quantitative estimate of drug-likeness (QED) is 0.454. The standard InChI is InChI=1S/C8H14S/c9-7-3-6-8-4-1-2-5-8/h1,4,8-9H,2-3,5-7H2. The average molecular weight is 142 g/mol. The van der Waals surface area contributed by atoms with E-state index in [0.29, 0.717) is 0 Å². The van der Waals surface area contributed by atoms with Crippen LogP contribution in [0.4, 0.5) is 0 Å². The minimum atomic E-state index is 0.886. The summed E-state index contributed by atoms with van der Waals surface area (Å²) in [6, 6.07) is 0. The fourth-order valence-corrected chi connectivity index (χ4v) is 1.47. The molecule has 0 aromatic carbocycles. The topological polar surface area (TPSA) is 0 Å². The lowest BCUT2D eigenvalue weighted by Gasteiger charge is -2.03. The van der Waals surface area contributed by atoms with Gasteiger partial charge in [0.25, 0.3) is 0 Å². The van der Waals surface area contributed by atoms with Crippen molar-refractivity contribution in [1.82, 2.24) is 0 Å². The molecule has 0 nitrogen and oxygen atoms in total. The van der Waals surface area contributed by atoms with Gasteiger partial charge in [-0.15, -0.1) is 0 Å². The van der Waals surface area contributed by atoms with Crippen molar-refractivity contribution in [2.45, 2.75) is 25.7 Å².